The van der Waals surface area contributed by atoms with Crippen molar-refractivity contribution < 1.29 is 9.21 Å². The van der Waals surface area contributed by atoms with E-state index >= 15 is 0 Å². The Balaban J connectivity index is 2.07. The molecule has 0 saturated carbocycles. The van der Waals surface area contributed by atoms with Gasteiger partial charge in [0.15, 0.2) is 5.58 Å². The van der Waals surface area contributed by atoms with Gasteiger partial charge in [-0.2, -0.15) is 0 Å². The molecule has 0 aliphatic rings. The van der Waals surface area contributed by atoms with Crippen molar-refractivity contribution >= 4 is 17.0 Å². The Morgan fingerprint density at radius 3 is 2.86 bits per heavy atom. The lowest BCUT2D eigenvalue weighted by Crippen LogP contribution is -2.25. The first-order valence-corrected chi connectivity index (χ1v) is 7.10. The van der Waals surface area contributed by atoms with E-state index in [0.717, 1.165) is 11.1 Å². The third kappa shape index (κ3) is 2.44. The van der Waals surface area contributed by atoms with Gasteiger partial charge < -0.3 is 14.3 Å². The molecule has 1 amide bonds. The van der Waals surface area contributed by atoms with E-state index in [1.54, 1.807) is 12.3 Å². The number of aromatic nitrogens is 1. The predicted molar refractivity (Wildman–Crippen MR) is 82.5 cm³/mol. The van der Waals surface area contributed by atoms with Crippen LogP contribution in [0.25, 0.3) is 11.1 Å². The van der Waals surface area contributed by atoms with Gasteiger partial charge in [-0.3, -0.25) is 4.79 Å². The molecule has 0 fully saturated rings. The van der Waals surface area contributed by atoms with Crippen LogP contribution in [0.3, 0.4) is 0 Å². The normalized spacial score (nSPS) is 11.0. The summed E-state index contributed by atoms with van der Waals surface area (Å²) in [5.74, 6) is -0.0718. The number of carbonyl (C=O) groups is 1. The van der Waals surface area contributed by atoms with Crippen molar-refractivity contribution in [2.75, 3.05) is 6.54 Å². The average Bonchev–Trinajstić information content (AvgIpc) is 3.04. The van der Waals surface area contributed by atoms with Crippen molar-refractivity contribution in [2.24, 2.45) is 0 Å². The Labute approximate surface area is 123 Å². The minimum absolute atomic E-state index is 0.0718. The zero-order valence-corrected chi connectivity index (χ0v) is 12.2. The molecule has 3 aromatic rings. The van der Waals surface area contributed by atoms with Gasteiger partial charge in [-0.1, -0.05) is 24.3 Å². The van der Waals surface area contributed by atoms with E-state index in [2.05, 4.69) is 24.4 Å². The van der Waals surface area contributed by atoms with Gasteiger partial charge in [-0.25, -0.2) is 0 Å². The lowest BCUT2D eigenvalue weighted by molar-refractivity contribution is 0.0947. The zero-order chi connectivity index (χ0) is 14.8. The van der Waals surface area contributed by atoms with Crippen LogP contribution in [0.4, 0.5) is 0 Å². The number of nitrogens with one attached hydrogen (secondary N) is 1. The van der Waals surface area contributed by atoms with E-state index in [-0.39, 0.29) is 5.91 Å². The number of benzene rings is 1. The van der Waals surface area contributed by atoms with E-state index in [4.69, 9.17) is 4.42 Å². The summed E-state index contributed by atoms with van der Waals surface area (Å²) in [6, 6.07) is 11.9. The van der Waals surface area contributed by atoms with Crippen LogP contribution in [0, 0.1) is 6.92 Å². The van der Waals surface area contributed by atoms with Gasteiger partial charge in [0.1, 0.15) is 5.69 Å². The molecule has 21 heavy (non-hydrogen) atoms. The fraction of sp³-hybridized carbons (Fsp3) is 0.235. The van der Waals surface area contributed by atoms with Crippen molar-refractivity contribution in [1.82, 2.24) is 9.88 Å². The van der Waals surface area contributed by atoms with Gasteiger partial charge in [0.2, 0.25) is 0 Å². The van der Waals surface area contributed by atoms with Gasteiger partial charge in [0.05, 0.1) is 11.8 Å². The smallest absolute Gasteiger partial charge is 0.268 e. The summed E-state index contributed by atoms with van der Waals surface area (Å²) >= 11 is 0. The van der Waals surface area contributed by atoms with E-state index in [9.17, 15) is 4.79 Å². The summed E-state index contributed by atoms with van der Waals surface area (Å²) < 4.78 is 7.44. The minimum atomic E-state index is -0.0718. The third-order valence-electron chi connectivity index (χ3n) is 3.68. The molecule has 4 heteroatoms. The van der Waals surface area contributed by atoms with Crippen LogP contribution in [0.5, 0.6) is 0 Å². The molecule has 0 aliphatic heterocycles. The summed E-state index contributed by atoms with van der Waals surface area (Å²) in [6.07, 6.45) is 1.65. The monoisotopic (exact) mass is 282 g/mol. The standard InChI is InChI=1S/C17H18N2O2/c1-3-18-17(20)15-10-16-14(8-9-21-16)19(15)11-13-7-5-4-6-12(13)2/h4-10H,3,11H2,1-2H3,(H,18,20). The number of amides is 1. The van der Waals surface area contributed by atoms with E-state index in [1.165, 1.54) is 11.1 Å². The average molecular weight is 282 g/mol. The Kier molecular flexibility index (Phi) is 3.52. The van der Waals surface area contributed by atoms with Crippen molar-refractivity contribution in [1.29, 1.82) is 0 Å². The molecule has 0 saturated heterocycles. The number of hydrogen-bond donors (Lipinski definition) is 1. The first kappa shape index (κ1) is 13.5. The van der Waals surface area contributed by atoms with Crippen LogP contribution in [0.1, 0.15) is 28.5 Å². The maximum absolute atomic E-state index is 12.2. The highest BCUT2D eigenvalue weighted by Gasteiger charge is 2.17. The second-order valence-electron chi connectivity index (χ2n) is 5.07. The lowest BCUT2D eigenvalue weighted by atomic mass is 10.1. The van der Waals surface area contributed by atoms with Crippen molar-refractivity contribution in [2.45, 2.75) is 20.4 Å². The molecule has 0 spiro atoms. The molecular formula is C17H18N2O2. The number of fused-ring (bicyclic) bond motifs is 1. The minimum Gasteiger partial charge on any atom is -0.463 e. The van der Waals surface area contributed by atoms with Crippen LogP contribution in [0.2, 0.25) is 0 Å². The number of aryl methyl sites for hydroxylation is 1. The van der Waals surface area contributed by atoms with Gasteiger partial charge in [-0.15, -0.1) is 0 Å². The molecule has 3 rings (SSSR count). The second kappa shape index (κ2) is 5.48. The van der Waals surface area contributed by atoms with Crippen molar-refractivity contribution in [3.05, 3.63) is 59.5 Å². The van der Waals surface area contributed by atoms with Crippen molar-refractivity contribution in [3.63, 3.8) is 0 Å². The number of hydrogen-bond acceptors (Lipinski definition) is 2. The highest BCUT2D eigenvalue weighted by molar-refractivity contribution is 5.97. The number of nitrogens with zero attached hydrogens (tertiary/aromatic N) is 1. The summed E-state index contributed by atoms with van der Waals surface area (Å²) in [4.78, 5) is 12.2. The second-order valence-corrected chi connectivity index (χ2v) is 5.07. The molecule has 0 atom stereocenters. The summed E-state index contributed by atoms with van der Waals surface area (Å²) in [6.45, 7) is 5.26. The molecule has 0 bridgehead atoms. The molecule has 1 N–H and O–H groups in total. The van der Waals surface area contributed by atoms with E-state index in [1.807, 2.05) is 29.7 Å². The summed E-state index contributed by atoms with van der Waals surface area (Å²) in [5, 5.41) is 2.85. The van der Waals surface area contributed by atoms with Crippen LogP contribution in [-0.4, -0.2) is 17.0 Å². The third-order valence-corrected chi connectivity index (χ3v) is 3.68. The Bertz CT molecular complexity index is 783. The summed E-state index contributed by atoms with van der Waals surface area (Å²) in [7, 11) is 0. The molecule has 2 heterocycles. The summed E-state index contributed by atoms with van der Waals surface area (Å²) in [5.41, 5.74) is 4.73. The molecule has 2 aromatic heterocycles. The fourth-order valence-corrected chi connectivity index (χ4v) is 2.54. The molecule has 0 aliphatic carbocycles. The number of carbonyl (C=O) groups excluding carboxylic acids is 1. The zero-order valence-electron chi connectivity index (χ0n) is 12.2. The van der Waals surface area contributed by atoms with Gasteiger partial charge in [0.25, 0.3) is 5.91 Å². The quantitative estimate of drug-likeness (QED) is 0.797. The SMILES string of the molecule is CCNC(=O)c1cc2occc2n1Cc1ccccc1C. The first-order chi connectivity index (χ1) is 10.2. The highest BCUT2D eigenvalue weighted by Crippen LogP contribution is 2.23. The molecule has 1 aromatic carbocycles. The fourth-order valence-electron chi connectivity index (χ4n) is 2.54. The number of furan rings is 1. The Morgan fingerprint density at radius 2 is 2.10 bits per heavy atom. The first-order valence-electron chi connectivity index (χ1n) is 7.10. The topological polar surface area (TPSA) is 47.2 Å². The van der Waals surface area contributed by atoms with Crippen LogP contribution in [-0.2, 0) is 6.54 Å². The van der Waals surface area contributed by atoms with Crippen molar-refractivity contribution in [3.8, 4) is 0 Å². The van der Waals surface area contributed by atoms with Gasteiger partial charge >= 0.3 is 0 Å². The Hall–Kier alpha value is -2.49. The molecular weight excluding hydrogens is 264 g/mol. The maximum Gasteiger partial charge on any atom is 0.268 e. The number of rotatable bonds is 4. The largest absolute Gasteiger partial charge is 0.463 e. The van der Waals surface area contributed by atoms with E-state index in [0.29, 0.717) is 18.8 Å². The van der Waals surface area contributed by atoms with Gasteiger partial charge in [-0.05, 0) is 25.0 Å². The molecule has 4 nitrogen and oxygen atoms in total. The van der Waals surface area contributed by atoms with Crippen LogP contribution < -0.4 is 5.32 Å². The molecule has 108 valence electrons. The Morgan fingerprint density at radius 1 is 1.29 bits per heavy atom. The van der Waals surface area contributed by atoms with Crippen LogP contribution >= 0.6 is 0 Å². The van der Waals surface area contributed by atoms with Crippen LogP contribution in [0.15, 0.2) is 47.1 Å². The van der Waals surface area contributed by atoms with E-state index < -0.39 is 0 Å². The lowest BCUT2D eigenvalue weighted by Gasteiger charge is -2.11. The maximum atomic E-state index is 12.2. The predicted octanol–water partition coefficient (Wildman–Crippen LogP) is 3.34. The highest BCUT2D eigenvalue weighted by atomic mass is 16.3. The molecule has 0 unspecified atom stereocenters. The van der Waals surface area contributed by atoms with Gasteiger partial charge in [0, 0.05) is 25.2 Å². The molecule has 0 radical (unpaired) electrons.